The van der Waals surface area contributed by atoms with E-state index in [9.17, 15) is 9.18 Å². The Balaban J connectivity index is 0.00000182. The Morgan fingerprint density at radius 3 is 2.28 bits per heavy atom. The molecule has 2 N–H and O–H groups in total. The summed E-state index contributed by atoms with van der Waals surface area (Å²) in [6.07, 6.45) is 0.853. The van der Waals surface area contributed by atoms with Gasteiger partial charge in [-0.2, -0.15) is 0 Å². The number of hydrogen-bond donors (Lipinski definition) is 1. The number of carbonyl (C=O) groups excluding carboxylic acids is 1. The second-order valence-electron chi connectivity index (χ2n) is 6.92. The van der Waals surface area contributed by atoms with Crippen LogP contribution in [0.5, 0.6) is 0 Å². The van der Waals surface area contributed by atoms with Crippen LogP contribution in [0.4, 0.5) is 4.39 Å². The molecular weight excluding hydrogens is 339 g/mol. The summed E-state index contributed by atoms with van der Waals surface area (Å²) in [7, 11) is 0. The largest absolute Gasteiger partial charge is 0.340 e. The zero-order chi connectivity index (χ0) is 16.7. The maximum atomic E-state index is 13.0. The Hall–Kier alpha value is -1.91. The molecule has 0 radical (unpaired) electrons. The number of nitrogens with zero attached hydrogens (tertiary/aromatic N) is 1. The predicted octanol–water partition coefficient (Wildman–Crippen LogP) is 3.30. The van der Waals surface area contributed by atoms with Gasteiger partial charge in [-0.1, -0.05) is 42.5 Å². The number of amides is 1. The van der Waals surface area contributed by atoms with E-state index in [2.05, 4.69) is 12.1 Å². The SMILES string of the molecule is Cl.N[C@@H]1CN(C(=O)C2CC2c2ccc(F)cc2)C[C@H]1c1ccccc1. The van der Waals surface area contributed by atoms with E-state index >= 15 is 0 Å². The highest BCUT2D eigenvalue weighted by Crippen LogP contribution is 2.49. The van der Waals surface area contributed by atoms with Crippen LogP contribution in [-0.4, -0.2) is 29.9 Å². The lowest BCUT2D eigenvalue weighted by molar-refractivity contribution is -0.131. The summed E-state index contributed by atoms with van der Waals surface area (Å²) in [5.41, 5.74) is 8.54. The second kappa shape index (κ2) is 7.14. The second-order valence-corrected chi connectivity index (χ2v) is 6.92. The fourth-order valence-corrected chi connectivity index (χ4v) is 3.84. The van der Waals surface area contributed by atoms with Gasteiger partial charge in [0.1, 0.15) is 5.82 Å². The lowest BCUT2D eigenvalue weighted by Gasteiger charge is -2.16. The third kappa shape index (κ3) is 3.55. The molecule has 3 nitrogen and oxygen atoms in total. The van der Waals surface area contributed by atoms with Gasteiger partial charge < -0.3 is 10.6 Å². The first kappa shape index (κ1) is 17.9. The molecule has 132 valence electrons. The van der Waals surface area contributed by atoms with Gasteiger partial charge in [0.05, 0.1) is 0 Å². The normalized spacial score (nSPS) is 27.7. The first-order valence-electron chi connectivity index (χ1n) is 8.48. The van der Waals surface area contributed by atoms with Crippen LogP contribution >= 0.6 is 12.4 Å². The highest BCUT2D eigenvalue weighted by atomic mass is 35.5. The van der Waals surface area contributed by atoms with Crippen molar-refractivity contribution in [1.82, 2.24) is 4.90 Å². The minimum absolute atomic E-state index is 0. The van der Waals surface area contributed by atoms with E-state index in [1.165, 1.54) is 17.7 Å². The topological polar surface area (TPSA) is 46.3 Å². The van der Waals surface area contributed by atoms with Crippen molar-refractivity contribution in [2.45, 2.75) is 24.3 Å². The van der Waals surface area contributed by atoms with Crippen LogP contribution in [0.25, 0.3) is 0 Å². The van der Waals surface area contributed by atoms with Gasteiger partial charge in [0.2, 0.25) is 5.91 Å². The number of halogens is 2. The quantitative estimate of drug-likeness (QED) is 0.912. The van der Waals surface area contributed by atoms with E-state index in [-0.39, 0.29) is 47.9 Å². The molecule has 2 aromatic rings. The van der Waals surface area contributed by atoms with Crippen LogP contribution in [0, 0.1) is 11.7 Å². The number of carbonyl (C=O) groups is 1. The Labute approximate surface area is 153 Å². The zero-order valence-electron chi connectivity index (χ0n) is 13.8. The smallest absolute Gasteiger partial charge is 0.226 e. The highest BCUT2D eigenvalue weighted by Gasteiger charge is 2.47. The van der Waals surface area contributed by atoms with Gasteiger partial charge in [0, 0.05) is 31.0 Å². The molecule has 5 heteroatoms. The van der Waals surface area contributed by atoms with Crippen LogP contribution in [0.15, 0.2) is 54.6 Å². The van der Waals surface area contributed by atoms with Crippen molar-refractivity contribution in [2.24, 2.45) is 11.7 Å². The first-order valence-corrected chi connectivity index (χ1v) is 8.48. The molecule has 1 amide bonds. The fraction of sp³-hybridized carbons (Fsp3) is 0.350. The minimum Gasteiger partial charge on any atom is -0.340 e. The summed E-state index contributed by atoms with van der Waals surface area (Å²) in [6.45, 7) is 1.31. The molecule has 1 saturated heterocycles. The van der Waals surface area contributed by atoms with Gasteiger partial charge in [-0.25, -0.2) is 4.39 Å². The van der Waals surface area contributed by atoms with Gasteiger partial charge in [-0.05, 0) is 35.6 Å². The standard InChI is InChI=1S/C20H21FN2O.ClH/c21-15-8-6-14(7-9-15)16-10-17(16)20(24)23-11-18(19(22)12-23)13-4-2-1-3-5-13;/h1-9,16-19H,10-12,22H2;1H/t16?,17?,18-,19+;/m0./s1. The van der Waals surface area contributed by atoms with Crippen LogP contribution in [0.2, 0.25) is 0 Å². The molecular formula is C20H22ClFN2O. The average molecular weight is 361 g/mol. The molecule has 2 unspecified atom stereocenters. The molecule has 2 aliphatic rings. The third-order valence-electron chi connectivity index (χ3n) is 5.31. The van der Waals surface area contributed by atoms with Crippen molar-refractivity contribution in [3.05, 3.63) is 71.5 Å². The molecule has 0 spiro atoms. The van der Waals surface area contributed by atoms with E-state index < -0.39 is 0 Å². The monoisotopic (exact) mass is 360 g/mol. The summed E-state index contributed by atoms with van der Waals surface area (Å²) in [5, 5.41) is 0. The Bertz CT molecular complexity index is 737. The van der Waals surface area contributed by atoms with E-state index in [1.54, 1.807) is 12.1 Å². The Morgan fingerprint density at radius 2 is 1.60 bits per heavy atom. The number of hydrogen-bond acceptors (Lipinski definition) is 2. The molecule has 1 aliphatic carbocycles. The minimum atomic E-state index is -0.238. The summed E-state index contributed by atoms with van der Waals surface area (Å²) in [6, 6.07) is 16.7. The predicted molar refractivity (Wildman–Crippen MR) is 98.2 cm³/mol. The molecule has 4 rings (SSSR count). The molecule has 1 heterocycles. The van der Waals surface area contributed by atoms with Gasteiger partial charge >= 0.3 is 0 Å². The molecule has 2 fully saturated rings. The highest BCUT2D eigenvalue weighted by molar-refractivity contribution is 5.85. The molecule has 2 aromatic carbocycles. The molecule has 1 aliphatic heterocycles. The van der Waals surface area contributed by atoms with Crippen LogP contribution in [-0.2, 0) is 4.79 Å². The zero-order valence-corrected chi connectivity index (χ0v) is 14.7. The van der Waals surface area contributed by atoms with Crippen molar-refractivity contribution in [2.75, 3.05) is 13.1 Å². The van der Waals surface area contributed by atoms with Crippen molar-refractivity contribution >= 4 is 18.3 Å². The van der Waals surface area contributed by atoms with Crippen molar-refractivity contribution in [1.29, 1.82) is 0 Å². The Morgan fingerprint density at radius 1 is 0.960 bits per heavy atom. The molecule has 0 bridgehead atoms. The number of nitrogens with two attached hydrogens (primary N) is 1. The maximum absolute atomic E-state index is 13.0. The molecule has 4 atom stereocenters. The maximum Gasteiger partial charge on any atom is 0.226 e. The molecule has 1 saturated carbocycles. The third-order valence-corrected chi connectivity index (χ3v) is 5.31. The Kier molecular flexibility index (Phi) is 5.11. The fourth-order valence-electron chi connectivity index (χ4n) is 3.84. The van der Waals surface area contributed by atoms with Crippen molar-refractivity contribution < 1.29 is 9.18 Å². The number of likely N-dealkylation sites (tertiary alicyclic amines) is 1. The van der Waals surface area contributed by atoms with Gasteiger partial charge in [-0.15, -0.1) is 12.4 Å². The van der Waals surface area contributed by atoms with Crippen molar-refractivity contribution in [3.8, 4) is 0 Å². The lowest BCUT2D eigenvalue weighted by Crippen LogP contribution is -2.33. The van der Waals surface area contributed by atoms with E-state index in [0.29, 0.717) is 13.1 Å². The number of rotatable bonds is 3. The van der Waals surface area contributed by atoms with E-state index in [0.717, 1.165) is 12.0 Å². The van der Waals surface area contributed by atoms with Gasteiger partial charge in [0.25, 0.3) is 0 Å². The van der Waals surface area contributed by atoms with Crippen LogP contribution < -0.4 is 5.73 Å². The lowest BCUT2D eigenvalue weighted by atomic mass is 9.95. The van der Waals surface area contributed by atoms with E-state index in [1.807, 2.05) is 23.1 Å². The summed E-state index contributed by atoms with van der Waals surface area (Å²) >= 11 is 0. The van der Waals surface area contributed by atoms with Crippen LogP contribution in [0.3, 0.4) is 0 Å². The van der Waals surface area contributed by atoms with E-state index in [4.69, 9.17) is 5.73 Å². The molecule has 25 heavy (non-hydrogen) atoms. The number of benzene rings is 2. The summed E-state index contributed by atoms with van der Waals surface area (Å²) in [4.78, 5) is 14.7. The summed E-state index contributed by atoms with van der Waals surface area (Å²) < 4.78 is 13.0. The first-order chi connectivity index (χ1) is 11.6. The molecule has 0 aromatic heterocycles. The van der Waals surface area contributed by atoms with Gasteiger partial charge in [-0.3, -0.25) is 4.79 Å². The van der Waals surface area contributed by atoms with Crippen molar-refractivity contribution in [3.63, 3.8) is 0 Å². The average Bonchev–Trinajstić information content (AvgIpc) is 3.31. The summed E-state index contributed by atoms with van der Waals surface area (Å²) in [5.74, 6) is 0.414. The van der Waals surface area contributed by atoms with Crippen LogP contribution in [0.1, 0.15) is 29.4 Å². The van der Waals surface area contributed by atoms with Gasteiger partial charge in [0.15, 0.2) is 0 Å².